The molecule has 2 unspecified atom stereocenters. The van der Waals surface area contributed by atoms with E-state index in [9.17, 15) is 8.78 Å². The Hall–Kier alpha value is -0.180. The smallest absolute Gasteiger partial charge is 0.259 e. The number of alkyl halides is 2. The molecule has 10 heavy (non-hydrogen) atoms. The second-order valence-corrected chi connectivity index (χ2v) is 3.42. The fraction of sp³-hybridized carbons (Fsp3) is 1.00. The number of rotatable bonds is 0. The molecule has 0 N–H and O–H groups in total. The van der Waals surface area contributed by atoms with Crippen LogP contribution in [0.1, 0.15) is 13.3 Å². The Morgan fingerprint density at radius 3 is 2.60 bits per heavy atom. The molecular weight excluding hydrogens is 138 g/mol. The van der Waals surface area contributed by atoms with Gasteiger partial charge in [-0.15, -0.1) is 0 Å². The van der Waals surface area contributed by atoms with Crippen molar-refractivity contribution in [2.24, 2.45) is 11.3 Å². The average Bonchev–Trinajstić information content (AvgIpc) is 2.30. The van der Waals surface area contributed by atoms with Crippen LogP contribution in [0.2, 0.25) is 0 Å². The summed E-state index contributed by atoms with van der Waals surface area (Å²) in [6, 6.07) is 0. The Bertz CT molecular complexity index is 169. The van der Waals surface area contributed by atoms with Gasteiger partial charge in [-0.2, -0.15) is 0 Å². The first-order valence-electron chi connectivity index (χ1n) is 3.54. The zero-order valence-electron chi connectivity index (χ0n) is 5.86. The van der Waals surface area contributed by atoms with E-state index in [0.29, 0.717) is 13.0 Å². The van der Waals surface area contributed by atoms with E-state index in [-0.39, 0.29) is 6.61 Å². The van der Waals surface area contributed by atoms with Gasteiger partial charge in [0.25, 0.3) is 5.92 Å². The summed E-state index contributed by atoms with van der Waals surface area (Å²) < 4.78 is 30.6. The third-order valence-corrected chi connectivity index (χ3v) is 2.94. The van der Waals surface area contributed by atoms with Crippen molar-refractivity contribution in [2.45, 2.75) is 19.3 Å². The number of hydrogen-bond acceptors (Lipinski definition) is 1. The lowest BCUT2D eigenvalue weighted by molar-refractivity contribution is 0.0635. The van der Waals surface area contributed by atoms with Gasteiger partial charge in [0.05, 0.1) is 12.5 Å². The molecule has 0 aromatic heterocycles. The quantitative estimate of drug-likeness (QED) is 0.507. The molecule has 2 aliphatic rings. The monoisotopic (exact) mass is 148 g/mol. The van der Waals surface area contributed by atoms with Crippen molar-refractivity contribution < 1.29 is 13.5 Å². The van der Waals surface area contributed by atoms with Crippen molar-refractivity contribution in [3.05, 3.63) is 0 Å². The fourth-order valence-electron chi connectivity index (χ4n) is 1.79. The highest BCUT2D eigenvalue weighted by atomic mass is 19.3. The van der Waals surface area contributed by atoms with Gasteiger partial charge in [0.15, 0.2) is 0 Å². The predicted octanol–water partition coefficient (Wildman–Crippen LogP) is 1.68. The maximum absolute atomic E-state index is 12.8. The molecule has 2 fully saturated rings. The van der Waals surface area contributed by atoms with E-state index in [1.54, 1.807) is 6.92 Å². The Morgan fingerprint density at radius 1 is 1.50 bits per heavy atom. The van der Waals surface area contributed by atoms with Crippen LogP contribution in [-0.4, -0.2) is 19.1 Å². The number of ether oxygens (including phenoxy) is 1. The third kappa shape index (κ3) is 0.506. The van der Waals surface area contributed by atoms with Crippen LogP contribution in [0, 0.1) is 11.3 Å². The molecule has 1 nitrogen and oxygen atoms in total. The number of hydrogen-bond donors (Lipinski definition) is 0. The van der Waals surface area contributed by atoms with E-state index in [0.717, 1.165) is 0 Å². The van der Waals surface area contributed by atoms with Crippen LogP contribution in [0.3, 0.4) is 0 Å². The fourth-order valence-corrected chi connectivity index (χ4v) is 1.79. The molecular formula is C7H10F2O. The zero-order chi connectivity index (χ0) is 7.41. The van der Waals surface area contributed by atoms with Gasteiger partial charge in [-0.3, -0.25) is 0 Å². The Labute approximate surface area is 58.4 Å². The Morgan fingerprint density at radius 2 is 2.20 bits per heavy atom. The molecule has 1 aliphatic carbocycles. The minimum atomic E-state index is -2.44. The van der Waals surface area contributed by atoms with Gasteiger partial charge in [-0.25, -0.2) is 8.78 Å². The van der Waals surface area contributed by atoms with Crippen molar-refractivity contribution in [3.63, 3.8) is 0 Å². The highest BCUT2D eigenvalue weighted by Crippen LogP contribution is 2.68. The van der Waals surface area contributed by atoms with Crippen molar-refractivity contribution in [2.75, 3.05) is 13.2 Å². The SMILES string of the molecule is CC12CCOCC1C2(F)F. The highest BCUT2D eigenvalue weighted by molar-refractivity contribution is 5.16. The van der Waals surface area contributed by atoms with E-state index < -0.39 is 17.3 Å². The molecule has 58 valence electrons. The molecule has 2 atom stereocenters. The number of halogens is 2. The lowest BCUT2D eigenvalue weighted by Crippen LogP contribution is -2.15. The Balaban J connectivity index is 2.20. The first-order chi connectivity index (χ1) is 4.59. The van der Waals surface area contributed by atoms with Gasteiger partial charge in [0.2, 0.25) is 0 Å². The predicted molar refractivity (Wildman–Crippen MR) is 32.0 cm³/mol. The molecule has 1 heterocycles. The van der Waals surface area contributed by atoms with Gasteiger partial charge < -0.3 is 4.74 Å². The summed E-state index contributed by atoms with van der Waals surface area (Å²) in [6.45, 7) is 2.41. The van der Waals surface area contributed by atoms with Crippen LogP contribution in [-0.2, 0) is 4.74 Å². The van der Waals surface area contributed by atoms with Crippen molar-refractivity contribution in [3.8, 4) is 0 Å². The van der Waals surface area contributed by atoms with Crippen LogP contribution in [0.5, 0.6) is 0 Å². The first kappa shape index (κ1) is 6.53. The number of fused-ring (bicyclic) bond motifs is 1. The topological polar surface area (TPSA) is 9.23 Å². The minimum absolute atomic E-state index is 0.253. The molecule has 0 amide bonds. The molecule has 0 bridgehead atoms. The zero-order valence-corrected chi connectivity index (χ0v) is 5.86. The molecule has 3 heteroatoms. The minimum Gasteiger partial charge on any atom is -0.381 e. The Kier molecular flexibility index (Phi) is 0.994. The second-order valence-electron chi connectivity index (χ2n) is 3.42. The van der Waals surface area contributed by atoms with Gasteiger partial charge in [-0.05, 0) is 6.42 Å². The van der Waals surface area contributed by atoms with E-state index in [1.165, 1.54) is 0 Å². The molecule has 0 radical (unpaired) electrons. The van der Waals surface area contributed by atoms with Gasteiger partial charge in [-0.1, -0.05) is 6.92 Å². The standard InChI is InChI=1S/C7H10F2O/c1-6-2-3-10-4-5(6)7(6,8)9/h5H,2-4H2,1H3. The summed E-state index contributed by atoms with van der Waals surface area (Å²) in [5, 5.41) is 0. The van der Waals surface area contributed by atoms with Crippen molar-refractivity contribution in [1.29, 1.82) is 0 Å². The maximum Gasteiger partial charge on any atom is 0.259 e. The lowest BCUT2D eigenvalue weighted by atomic mass is 10.0. The summed E-state index contributed by atoms with van der Waals surface area (Å²) in [4.78, 5) is 0. The lowest BCUT2D eigenvalue weighted by Gasteiger charge is -2.14. The van der Waals surface area contributed by atoms with Crippen LogP contribution in [0.25, 0.3) is 0 Å². The van der Waals surface area contributed by atoms with Crippen LogP contribution < -0.4 is 0 Å². The normalized spacial score (nSPS) is 50.1. The van der Waals surface area contributed by atoms with Crippen molar-refractivity contribution in [1.82, 2.24) is 0 Å². The maximum atomic E-state index is 12.8. The van der Waals surface area contributed by atoms with Gasteiger partial charge in [0.1, 0.15) is 0 Å². The van der Waals surface area contributed by atoms with Gasteiger partial charge >= 0.3 is 0 Å². The average molecular weight is 148 g/mol. The van der Waals surface area contributed by atoms with Crippen LogP contribution in [0.4, 0.5) is 8.78 Å². The highest BCUT2D eigenvalue weighted by Gasteiger charge is 2.78. The summed E-state index contributed by atoms with van der Waals surface area (Å²) >= 11 is 0. The second kappa shape index (κ2) is 1.52. The molecule has 1 saturated carbocycles. The summed E-state index contributed by atoms with van der Waals surface area (Å²) in [5.41, 5.74) is -0.717. The molecule has 0 aromatic carbocycles. The van der Waals surface area contributed by atoms with E-state index in [1.807, 2.05) is 0 Å². The largest absolute Gasteiger partial charge is 0.381 e. The van der Waals surface area contributed by atoms with Gasteiger partial charge in [0, 0.05) is 12.0 Å². The molecule has 1 aliphatic heterocycles. The molecule has 0 spiro atoms. The first-order valence-corrected chi connectivity index (χ1v) is 3.54. The molecule has 0 aromatic rings. The third-order valence-electron chi connectivity index (χ3n) is 2.94. The van der Waals surface area contributed by atoms with Crippen LogP contribution in [0.15, 0.2) is 0 Å². The summed E-state index contributed by atoms with van der Waals surface area (Å²) in [6.07, 6.45) is 0.519. The summed E-state index contributed by atoms with van der Waals surface area (Å²) in [5.74, 6) is -2.93. The molecule has 1 saturated heterocycles. The van der Waals surface area contributed by atoms with E-state index in [2.05, 4.69) is 0 Å². The van der Waals surface area contributed by atoms with Crippen molar-refractivity contribution >= 4 is 0 Å². The van der Waals surface area contributed by atoms with E-state index in [4.69, 9.17) is 4.74 Å². The summed E-state index contributed by atoms with van der Waals surface area (Å²) in [7, 11) is 0. The van der Waals surface area contributed by atoms with Crippen LogP contribution >= 0.6 is 0 Å². The van der Waals surface area contributed by atoms with E-state index >= 15 is 0 Å². The molecule has 2 rings (SSSR count).